The van der Waals surface area contributed by atoms with Crippen LogP contribution in [0.1, 0.15) is 20.3 Å². The second-order valence-electron chi connectivity index (χ2n) is 8.80. The predicted molar refractivity (Wildman–Crippen MR) is 102 cm³/mol. The fourth-order valence-electron chi connectivity index (χ4n) is 5.20. The molecule has 2 heterocycles. The van der Waals surface area contributed by atoms with Gasteiger partial charge in [-0.1, -0.05) is 12.5 Å². The standard InChI is InChI=1S/C21H28O10/c1-7-3-11-14(8(2)20(28)30-11)17(25)15-9(4-10(23)13(7)15)6-29-21-19(27)18(26)16(24)12(5-22)31-21/h4,8,11-12,14-19,21-22,24-27H,3,5-6H2,1-2H3/t8-,11-,12?,14+,15-,16?,17-,18?,19?,21?/m0/s1. The number of ether oxygens (including phenoxy) is 3. The zero-order chi connectivity index (χ0) is 22.6. The van der Waals surface area contributed by atoms with Crippen LogP contribution in [0, 0.1) is 17.8 Å². The van der Waals surface area contributed by atoms with Crippen molar-refractivity contribution in [2.45, 2.75) is 63.2 Å². The van der Waals surface area contributed by atoms with Crippen molar-refractivity contribution >= 4 is 11.8 Å². The van der Waals surface area contributed by atoms with Gasteiger partial charge in [-0.05, 0) is 18.6 Å². The lowest BCUT2D eigenvalue weighted by atomic mass is 9.79. The van der Waals surface area contributed by atoms with E-state index in [0.29, 0.717) is 17.6 Å². The maximum absolute atomic E-state index is 12.7. The Bertz CT molecular complexity index is 817. The van der Waals surface area contributed by atoms with Crippen molar-refractivity contribution in [3.05, 3.63) is 22.8 Å². The van der Waals surface area contributed by atoms with Crippen molar-refractivity contribution in [3.63, 3.8) is 0 Å². The minimum atomic E-state index is -1.58. The third kappa shape index (κ3) is 3.66. The number of esters is 1. The molecule has 5 N–H and O–H groups in total. The quantitative estimate of drug-likeness (QED) is 0.315. The van der Waals surface area contributed by atoms with E-state index < -0.39 is 67.3 Å². The fourth-order valence-corrected chi connectivity index (χ4v) is 5.20. The molecule has 172 valence electrons. The third-order valence-corrected chi connectivity index (χ3v) is 6.90. The van der Waals surface area contributed by atoms with Crippen molar-refractivity contribution in [1.82, 2.24) is 0 Å². The van der Waals surface area contributed by atoms with Gasteiger partial charge in [-0.3, -0.25) is 9.59 Å². The molecule has 0 aromatic heterocycles. The number of aliphatic hydroxyl groups excluding tert-OH is 5. The van der Waals surface area contributed by atoms with Gasteiger partial charge in [0.15, 0.2) is 12.1 Å². The number of fused-ring (bicyclic) bond motifs is 2. The van der Waals surface area contributed by atoms with Gasteiger partial charge in [0.25, 0.3) is 0 Å². The van der Waals surface area contributed by atoms with Crippen LogP contribution >= 0.6 is 0 Å². The van der Waals surface area contributed by atoms with Gasteiger partial charge >= 0.3 is 5.97 Å². The van der Waals surface area contributed by atoms with Crippen LogP contribution in [0.15, 0.2) is 22.8 Å². The number of rotatable bonds is 4. The topological polar surface area (TPSA) is 163 Å². The second-order valence-corrected chi connectivity index (χ2v) is 8.80. The molecule has 0 amide bonds. The van der Waals surface area contributed by atoms with Crippen LogP contribution in [0.3, 0.4) is 0 Å². The van der Waals surface area contributed by atoms with Crippen LogP contribution in [0.5, 0.6) is 0 Å². The van der Waals surface area contributed by atoms with Crippen LogP contribution < -0.4 is 0 Å². The van der Waals surface area contributed by atoms with Gasteiger partial charge in [-0.15, -0.1) is 0 Å². The molecular weight excluding hydrogens is 412 g/mol. The normalized spacial score (nSPS) is 45.2. The summed E-state index contributed by atoms with van der Waals surface area (Å²) in [6, 6.07) is 0. The van der Waals surface area contributed by atoms with E-state index in [-0.39, 0.29) is 18.4 Å². The van der Waals surface area contributed by atoms with Crippen LogP contribution in [-0.2, 0) is 23.8 Å². The summed E-state index contributed by atoms with van der Waals surface area (Å²) in [6.07, 6.45) is -6.95. The molecule has 4 aliphatic rings. The maximum atomic E-state index is 12.7. The molecule has 31 heavy (non-hydrogen) atoms. The summed E-state index contributed by atoms with van der Waals surface area (Å²) < 4.78 is 16.4. The SMILES string of the molecule is CC1=C2C(=O)C=C(COC3OC(CO)C(O)C(O)C3O)[C@@H]2[C@@H](O)[C@H]2[C@H](C1)OC(=O)[C@H]2C. The molecule has 5 unspecified atom stereocenters. The first-order valence-electron chi connectivity index (χ1n) is 10.4. The molecule has 0 aromatic rings. The van der Waals surface area contributed by atoms with Gasteiger partial charge in [0, 0.05) is 23.8 Å². The van der Waals surface area contributed by atoms with Crippen molar-refractivity contribution in [3.8, 4) is 0 Å². The van der Waals surface area contributed by atoms with Crippen LogP contribution in [0.2, 0.25) is 0 Å². The van der Waals surface area contributed by atoms with E-state index in [1.807, 2.05) is 0 Å². The van der Waals surface area contributed by atoms with Gasteiger partial charge in [0.05, 0.1) is 25.2 Å². The Labute approximate surface area is 178 Å². The average Bonchev–Trinajstić information content (AvgIpc) is 3.17. The van der Waals surface area contributed by atoms with E-state index in [4.69, 9.17) is 14.2 Å². The van der Waals surface area contributed by atoms with Gasteiger partial charge in [0.1, 0.15) is 30.5 Å². The first-order valence-corrected chi connectivity index (χ1v) is 10.4. The first kappa shape index (κ1) is 22.5. The molecule has 10 nitrogen and oxygen atoms in total. The highest BCUT2D eigenvalue weighted by atomic mass is 16.7. The molecule has 2 fully saturated rings. The van der Waals surface area contributed by atoms with E-state index in [2.05, 4.69) is 0 Å². The zero-order valence-electron chi connectivity index (χ0n) is 17.2. The molecule has 0 spiro atoms. The molecule has 0 saturated carbocycles. The molecule has 0 aromatic carbocycles. The van der Waals surface area contributed by atoms with E-state index in [9.17, 15) is 35.1 Å². The lowest BCUT2D eigenvalue weighted by Crippen LogP contribution is -2.59. The minimum Gasteiger partial charge on any atom is -0.461 e. The van der Waals surface area contributed by atoms with Crippen LogP contribution in [0.25, 0.3) is 0 Å². The summed E-state index contributed by atoms with van der Waals surface area (Å²) in [5.74, 6) is -2.32. The highest BCUT2D eigenvalue weighted by Crippen LogP contribution is 2.47. The van der Waals surface area contributed by atoms with E-state index in [0.717, 1.165) is 5.57 Å². The van der Waals surface area contributed by atoms with Crippen molar-refractivity contribution in [2.24, 2.45) is 17.8 Å². The Morgan fingerprint density at radius 3 is 2.48 bits per heavy atom. The number of hydrogen-bond acceptors (Lipinski definition) is 10. The molecular formula is C21H28O10. The summed E-state index contributed by atoms with van der Waals surface area (Å²) in [6.45, 7) is 2.68. The Kier molecular flexibility index (Phi) is 6.08. The monoisotopic (exact) mass is 440 g/mol. The molecule has 0 bridgehead atoms. The molecule has 10 heteroatoms. The fraction of sp³-hybridized carbons (Fsp3) is 0.714. The Morgan fingerprint density at radius 1 is 1.10 bits per heavy atom. The van der Waals surface area contributed by atoms with E-state index >= 15 is 0 Å². The Hall–Kier alpha value is -1.66. The second kappa shape index (κ2) is 8.36. The van der Waals surface area contributed by atoms with E-state index in [1.54, 1.807) is 13.8 Å². The number of carbonyl (C=O) groups excluding carboxylic acids is 2. The first-order chi connectivity index (χ1) is 14.6. The third-order valence-electron chi connectivity index (χ3n) is 6.90. The predicted octanol–water partition coefficient (Wildman–Crippen LogP) is -1.81. The summed E-state index contributed by atoms with van der Waals surface area (Å²) in [5, 5.41) is 50.5. The van der Waals surface area contributed by atoms with Crippen molar-refractivity contribution < 1.29 is 49.3 Å². The molecule has 10 atom stereocenters. The highest BCUT2D eigenvalue weighted by molar-refractivity contribution is 6.09. The molecule has 2 aliphatic carbocycles. The smallest absolute Gasteiger partial charge is 0.309 e. The molecule has 0 radical (unpaired) electrons. The highest BCUT2D eigenvalue weighted by Gasteiger charge is 2.53. The number of aliphatic hydroxyl groups is 5. The van der Waals surface area contributed by atoms with Crippen molar-refractivity contribution in [1.29, 1.82) is 0 Å². The lowest BCUT2D eigenvalue weighted by molar-refractivity contribution is -0.299. The lowest BCUT2D eigenvalue weighted by Gasteiger charge is -2.39. The Morgan fingerprint density at radius 2 is 1.81 bits per heavy atom. The summed E-state index contributed by atoms with van der Waals surface area (Å²) >= 11 is 0. The number of ketones is 1. The van der Waals surface area contributed by atoms with Gasteiger partial charge in [-0.2, -0.15) is 0 Å². The molecule has 4 rings (SSSR count). The largest absolute Gasteiger partial charge is 0.461 e. The van der Waals surface area contributed by atoms with Crippen LogP contribution in [-0.4, -0.2) is 93.4 Å². The average molecular weight is 440 g/mol. The Balaban J connectivity index is 1.54. The number of hydrogen-bond donors (Lipinski definition) is 5. The van der Waals surface area contributed by atoms with Gasteiger partial charge in [0.2, 0.25) is 0 Å². The van der Waals surface area contributed by atoms with E-state index in [1.165, 1.54) is 6.08 Å². The van der Waals surface area contributed by atoms with Crippen molar-refractivity contribution in [2.75, 3.05) is 13.2 Å². The minimum absolute atomic E-state index is 0.201. The number of allylic oxidation sites excluding steroid dienone is 1. The summed E-state index contributed by atoms with van der Waals surface area (Å²) in [7, 11) is 0. The summed E-state index contributed by atoms with van der Waals surface area (Å²) in [5.41, 5.74) is 1.65. The maximum Gasteiger partial charge on any atom is 0.309 e. The zero-order valence-corrected chi connectivity index (χ0v) is 17.2. The molecule has 2 aliphatic heterocycles. The van der Waals surface area contributed by atoms with Crippen LogP contribution in [0.4, 0.5) is 0 Å². The van der Waals surface area contributed by atoms with Gasteiger partial charge < -0.3 is 39.7 Å². The summed E-state index contributed by atoms with van der Waals surface area (Å²) in [4.78, 5) is 24.8. The number of carbonyl (C=O) groups is 2. The molecule has 2 saturated heterocycles. The van der Waals surface area contributed by atoms with Gasteiger partial charge in [-0.25, -0.2) is 0 Å².